The Bertz CT molecular complexity index is 454. The van der Waals surface area contributed by atoms with E-state index in [2.05, 4.69) is 0 Å². The molecule has 1 aromatic rings. The van der Waals surface area contributed by atoms with Crippen molar-refractivity contribution in [2.75, 3.05) is 12.5 Å². The van der Waals surface area contributed by atoms with Crippen molar-refractivity contribution in [3.8, 4) is 0 Å². The highest BCUT2D eigenvalue weighted by atomic mass is 32.2. The van der Waals surface area contributed by atoms with E-state index < -0.39 is 0 Å². The number of fused-ring (bicyclic) bond motifs is 1. The molecular weight excluding hydrogens is 252 g/mol. The van der Waals surface area contributed by atoms with Gasteiger partial charge in [0.15, 0.2) is 5.78 Å². The van der Waals surface area contributed by atoms with Crippen molar-refractivity contribution in [2.24, 2.45) is 0 Å². The molecule has 0 spiro atoms. The van der Waals surface area contributed by atoms with Crippen molar-refractivity contribution in [1.82, 2.24) is 0 Å². The van der Waals surface area contributed by atoms with Crippen LogP contribution in [-0.4, -0.2) is 18.3 Å². The van der Waals surface area contributed by atoms with Crippen LogP contribution in [0.25, 0.3) is 0 Å². The molecule has 1 unspecified atom stereocenters. The minimum absolute atomic E-state index is 0.0121. The lowest BCUT2D eigenvalue weighted by Crippen LogP contribution is -2.11. The summed E-state index contributed by atoms with van der Waals surface area (Å²) in [4.78, 5) is 12.4. The van der Waals surface area contributed by atoms with Crippen LogP contribution in [0.5, 0.6) is 0 Å². The lowest BCUT2D eigenvalue weighted by molar-refractivity contribution is -0.116. The van der Waals surface area contributed by atoms with Crippen LogP contribution in [0, 0.1) is 0 Å². The van der Waals surface area contributed by atoms with Gasteiger partial charge in [-0.3, -0.25) is 4.79 Å². The van der Waals surface area contributed by atoms with Gasteiger partial charge in [0.25, 0.3) is 0 Å². The van der Waals surface area contributed by atoms with Gasteiger partial charge in [-0.2, -0.15) is 0 Å². The molecule has 0 saturated heterocycles. The van der Waals surface area contributed by atoms with E-state index in [0.29, 0.717) is 0 Å². The van der Waals surface area contributed by atoms with Crippen molar-refractivity contribution >= 4 is 29.3 Å². The van der Waals surface area contributed by atoms with Crippen molar-refractivity contribution in [2.45, 2.75) is 25.7 Å². The van der Waals surface area contributed by atoms with Crippen LogP contribution in [-0.2, 0) is 11.2 Å². The SMILES string of the molecule is CSC(SC)=C(C)C(=O)C1CCc2occc21. The van der Waals surface area contributed by atoms with E-state index in [1.165, 1.54) is 0 Å². The molecule has 92 valence electrons. The molecule has 0 fully saturated rings. The minimum atomic E-state index is 0.0121. The minimum Gasteiger partial charge on any atom is -0.469 e. The first kappa shape index (κ1) is 12.8. The third-order valence-electron chi connectivity index (χ3n) is 3.18. The molecule has 2 nitrogen and oxygen atoms in total. The first-order valence-electron chi connectivity index (χ1n) is 5.58. The zero-order valence-electron chi connectivity index (χ0n) is 10.3. The summed E-state index contributed by atoms with van der Waals surface area (Å²) < 4.78 is 6.49. The molecule has 0 bridgehead atoms. The van der Waals surface area contributed by atoms with Gasteiger partial charge in [0.05, 0.1) is 12.2 Å². The normalized spacial score (nSPS) is 17.9. The molecule has 1 aliphatic rings. The molecule has 4 heteroatoms. The quantitative estimate of drug-likeness (QED) is 0.776. The number of allylic oxidation sites excluding steroid dienone is 1. The first-order valence-corrected chi connectivity index (χ1v) is 8.03. The number of carbonyl (C=O) groups excluding carboxylic acids is 1. The second-order valence-corrected chi connectivity index (χ2v) is 5.97. The average molecular weight is 268 g/mol. The molecule has 1 atom stereocenters. The zero-order valence-corrected chi connectivity index (χ0v) is 11.9. The highest BCUT2D eigenvalue weighted by Gasteiger charge is 2.32. The Morgan fingerprint density at radius 1 is 1.41 bits per heavy atom. The summed E-state index contributed by atoms with van der Waals surface area (Å²) in [6, 6.07) is 1.94. The van der Waals surface area contributed by atoms with E-state index in [1.54, 1.807) is 29.8 Å². The Balaban J connectivity index is 2.26. The van der Waals surface area contributed by atoms with Crippen LogP contribution >= 0.6 is 23.5 Å². The van der Waals surface area contributed by atoms with Crippen LogP contribution in [0.1, 0.15) is 30.6 Å². The Labute approximate surface area is 110 Å². The second-order valence-electron chi connectivity index (χ2n) is 4.08. The third-order valence-corrected chi connectivity index (χ3v) is 5.53. The maximum Gasteiger partial charge on any atom is 0.167 e. The van der Waals surface area contributed by atoms with Gasteiger partial charge < -0.3 is 4.42 Å². The predicted molar refractivity (Wildman–Crippen MR) is 74.5 cm³/mol. The summed E-state index contributed by atoms with van der Waals surface area (Å²) in [6.45, 7) is 1.93. The number of hydrogen-bond donors (Lipinski definition) is 0. The van der Waals surface area contributed by atoms with E-state index in [4.69, 9.17) is 4.42 Å². The average Bonchev–Trinajstić information content (AvgIpc) is 2.91. The highest BCUT2D eigenvalue weighted by Crippen LogP contribution is 2.38. The Kier molecular flexibility index (Phi) is 4.05. The molecule has 0 aliphatic heterocycles. The standard InChI is InChI=1S/C13H16O2S2/c1-8(13(16-2)17-3)12(14)10-4-5-11-9(10)6-7-15-11/h6-7,10H,4-5H2,1-3H3. The second kappa shape index (κ2) is 5.36. The van der Waals surface area contributed by atoms with Gasteiger partial charge >= 0.3 is 0 Å². The Morgan fingerprint density at radius 2 is 2.12 bits per heavy atom. The van der Waals surface area contributed by atoms with E-state index in [9.17, 15) is 4.79 Å². The van der Waals surface area contributed by atoms with Crippen LogP contribution in [0.4, 0.5) is 0 Å². The summed E-state index contributed by atoms with van der Waals surface area (Å²) in [5.41, 5.74) is 1.99. The van der Waals surface area contributed by atoms with Gasteiger partial charge in [0, 0.05) is 21.8 Å². The summed E-state index contributed by atoms with van der Waals surface area (Å²) in [5, 5.41) is 0. The van der Waals surface area contributed by atoms with Gasteiger partial charge in [0.1, 0.15) is 5.76 Å². The van der Waals surface area contributed by atoms with Crippen LogP contribution in [0.2, 0.25) is 0 Å². The summed E-state index contributed by atoms with van der Waals surface area (Å²) in [5.74, 6) is 1.26. The molecule has 0 saturated carbocycles. The number of carbonyl (C=O) groups is 1. The van der Waals surface area contributed by atoms with Crippen LogP contribution < -0.4 is 0 Å². The molecule has 1 aliphatic carbocycles. The van der Waals surface area contributed by atoms with E-state index in [0.717, 1.165) is 34.0 Å². The Morgan fingerprint density at radius 3 is 2.76 bits per heavy atom. The fourth-order valence-corrected chi connectivity index (χ4v) is 3.80. The molecule has 0 N–H and O–H groups in total. The van der Waals surface area contributed by atoms with Gasteiger partial charge in [-0.1, -0.05) is 0 Å². The lowest BCUT2D eigenvalue weighted by atomic mass is 9.94. The van der Waals surface area contributed by atoms with Crippen molar-refractivity contribution in [3.63, 3.8) is 0 Å². The fourth-order valence-electron chi connectivity index (χ4n) is 2.32. The van der Waals surface area contributed by atoms with Gasteiger partial charge in [0.2, 0.25) is 0 Å². The maximum atomic E-state index is 12.4. The Hall–Kier alpha value is -0.610. The van der Waals surface area contributed by atoms with Crippen LogP contribution in [0.3, 0.4) is 0 Å². The van der Waals surface area contributed by atoms with E-state index >= 15 is 0 Å². The lowest BCUT2D eigenvalue weighted by Gasteiger charge is -2.11. The molecule has 17 heavy (non-hydrogen) atoms. The number of furan rings is 1. The molecule has 0 aromatic carbocycles. The van der Waals surface area contributed by atoms with Gasteiger partial charge in [-0.05, 0) is 31.9 Å². The number of ketones is 1. The number of hydrogen-bond acceptors (Lipinski definition) is 4. The van der Waals surface area contributed by atoms with Gasteiger partial charge in [-0.15, -0.1) is 23.5 Å². The molecule has 1 heterocycles. The topological polar surface area (TPSA) is 30.2 Å². The van der Waals surface area contributed by atoms with E-state index in [1.807, 2.05) is 25.5 Å². The number of rotatable bonds is 4. The maximum absolute atomic E-state index is 12.4. The summed E-state index contributed by atoms with van der Waals surface area (Å²) in [7, 11) is 0. The van der Waals surface area contributed by atoms with Crippen molar-refractivity contribution < 1.29 is 9.21 Å². The monoisotopic (exact) mass is 268 g/mol. The summed E-state index contributed by atoms with van der Waals surface area (Å²) in [6.07, 6.45) is 7.50. The number of thioether (sulfide) groups is 2. The van der Waals surface area contributed by atoms with Crippen molar-refractivity contribution in [3.05, 3.63) is 33.5 Å². The molecule has 2 rings (SSSR count). The number of aryl methyl sites for hydroxylation is 1. The third kappa shape index (κ3) is 2.33. The fraction of sp³-hybridized carbons (Fsp3) is 0.462. The summed E-state index contributed by atoms with van der Waals surface area (Å²) >= 11 is 3.29. The smallest absolute Gasteiger partial charge is 0.167 e. The molecule has 0 radical (unpaired) electrons. The molecule has 0 amide bonds. The van der Waals surface area contributed by atoms with Crippen molar-refractivity contribution in [1.29, 1.82) is 0 Å². The predicted octanol–water partition coefficient (Wildman–Crippen LogP) is 3.84. The van der Waals surface area contributed by atoms with E-state index in [-0.39, 0.29) is 11.7 Å². The molecule has 1 aromatic heterocycles. The van der Waals surface area contributed by atoms with Gasteiger partial charge in [-0.25, -0.2) is 0 Å². The highest BCUT2D eigenvalue weighted by molar-refractivity contribution is 8.21. The molecular formula is C13H16O2S2. The zero-order chi connectivity index (χ0) is 12.4. The largest absolute Gasteiger partial charge is 0.469 e. The first-order chi connectivity index (χ1) is 8.19. The number of Topliss-reactive ketones (excluding diaryl/α,β-unsaturated/α-hetero) is 1. The van der Waals surface area contributed by atoms with Crippen LogP contribution in [0.15, 0.2) is 26.6 Å².